The number of benzene rings is 1. The molecule has 38 heavy (non-hydrogen) atoms. The van der Waals surface area contributed by atoms with E-state index in [1.807, 2.05) is 19.1 Å². The number of hydrogen-bond acceptors (Lipinski definition) is 9. The molecule has 9 nitrogen and oxygen atoms in total. The second kappa shape index (κ2) is 15.6. The number of fused-ring (bicyclic) bond motifs is 2. The molecule has 0 aromatic heterocycles. The molecule has 3 unspecified atom stereocenters. The maximum Gasteiger partial charge on any atom is 0.335 e. The first-order chi connectivity index (χ1) is 18.1. The highest BCUT2D eigenvalue weighted by atomic mass is 16.7. The minimum atomic E-state index is -1.15. The van der Waals surface area contributed by atoms with E-state index in [2.05, 4.69) is 36.5 Å². The summed E-state index contributed by atoms with van der Waals surface area (Å²) >= 11 is 0. The number of methoxy groups -OCH3 is 2. The van der Waals surface area contributed by atoms with Crippen LogP contribution < -0.4 is 9.47 Å². The van der Waals surface area contributed by atoms with E-state index in [0.29, 0.717) is 30.4 Å². The number of ether oxygens (including phenoxy) is 5. The van der Waals surface area contributed by atoms with Gasteiger partial charge in [-0.15, -0.1) is 0 Å². The van der Waals surface area contributed by atoms with Crippen molar-refractivity contribution in [2.45, 2.75) is 78.4 Å². The zero-order chi connectivity index (χ0) is 28.2. The Morgan fingerprint density at radius 1 is 1.16 bits per heavy atom. The molecule has 214 valence electrons. The molecular weight excluding hydrogens is 490 g/mol. The van der Waals surface area contributed by atoms with E-state index in [0.717, 1.165) is 49.2 Å². The molecule has 9 heteroatoms. The summed E-state index contributed by atoms with van der Waals surface area (Å²) in [5.41, 5.74) is 2.24. The topological polar surface area (TPSA) is 104 Å². The summed E-state index contributed by atoms with van der Waals surface area (Å²) in [6.45, 7) is 12.3. The van der Waals surface area contributed by atoms with Gasteiger partial charge in [-0.3, -0.25) is 4.79 Å². The number of hydrogen-bond donors (Lipinski definition) is 1. The lowest BCUT2D eigenvalue weighted by Crippen LogP contribution is -2.39. The maximum absolute atomic E-state index is 12.9. The number of carbonyl (C=O) groups is 2. The molecule has 2 aliphatic heterocycles. The lowest BCUT2D eigenvalue weighted by Gasteiger charge is -2.32. The Morgan fingerprint density at radius 2 is 1.82 bits per heavy atom. The molecule has 1 aromatic rings. The Morgan fingerprint density at radius 3 is 2.37 bits per heavy atom. The second-order valence-corrected chi connectivity index (χ2v) is 10.00. The van der Waals surface area contributed by atoms with Crippen molar-refractivity contribution in [3.8, 4) is 11.5 Å². The summed E-state index contributed by atoms with van der Waals surface area (Å²) in [6.07, 6.45) is 3.06. The van der Waals surface area contributed by atoms with Crippen molar-refractivity contribution >= 4 is 11.9 Å². The SMILES string of the molecule is C/C=C(/OC)C(OC(=O)C(O)CCC(C)C)C1CN(CCC)CCc2cc3c(cc21)OCO3.COC(C)=O. The van der Waals surface area contributed by atoms with E-state index in [9.17, 15) is 14.7 Å². The lowest BCUT2D eigenvalue weighted by atomic mass is 9.87. The summed E-state index contributed by atoms with van der Waals surface area (Å²) < 4.78 is 27.1. The molecule has 3 rings (SSSR count). The molecule has 2 heterocycles. The van der Waals surface area contributed by atoms with E-state index < -0.39 is 18.2 Å². The number of aliphatic hydroxyl groups excluding tert-OH is 1. The first-order valence-electron chi connectivity index (χ1n) is 13.4. The van der Waals surface area contributed by atoms with Gasteiger partial charge >= 0.3 is 11.9 Å². The van der Waals surface area contributed by atoms with Crippen molar-refractivity contribution in [3.63, 3.8) is 0 Å². The van der Waals surface area contributed by atoms with Crippen LogP contribution in [0.4, 0.5) is 0 Å². The smallest absolute Gasteiger partial charge is 0.335 e. The number of rotatable bonds is 10. The monoisotopic (exact) mass is 535 g/mol. The van der Waals surface area contributed by atoms with Gasteiger partial charge < -0.3 is 33.7 Å². The van der Waals surface area contributed by atoms with Crippen LogP contribution in [-0.2, 0) is 30.2 Å². The average molecular weight is 536 g/mol. The molecule has 2 aliphatic rings. The molecule has 0 aliphatic carbocycles. The first-order valence-corrected chi connectivity index (χ1v) is 13.4. The normalized spacial score (nSPS) is 18.4. The third-order valence-corrected chi connectivity index (χ3v) is 6.71. The summed E-state index contributed by atoms with van der Waals surface area (Å²) in [7, 11) is 2.94. The van der Waals surface area contributed by atoms with Crippen LogP contribution >= 0.6 is 0 Å². The van der Waals surface area contributed by atoms with Crippen LogP contribution in [0.25, 0.3) is 0 Å². The third-order valence-electron chi connectivity index (χ3n) is 6.71. The predicted molar refractivity (Wildman–Crippen MR) is 144 cm³/mol. The van der Waals surface area contributed by atoms with Gasteiger partial charge in [-0.1, -0.05) is 20.8 Å². The van der Waals surface area contributed by atoms with E-state index in [1.165, 1.54) is 14.0 Å². The molecule has 0 radical (unpaired) electrons. The predicted octanol–water partition coefficient (Wildman–Crippen LogP) is 4.21. The van der Waals surface area contributed by atoms with Gasteiger partial charge in [-0.2, -0.15) is 0 Å². The molecule has 0 spiro atoms. The number of allylic oxidation sites excluding steroid dienone is 1. The second-order valence-electron chi connectivity index (χ2n) is 10.00. The molecular formula is C29H45NO8. The van der Waals surface area contributed by atoms with E-state index in [1.54, 1.807) is 7.11 Å². The fourth-order valence-corrected chi connectivity index (χ4v) is 4.64. The van der Waals surface area contributed by atoms with Crippen molar-refractivity contribution < 1.29 is 38.4 Å². The third kappa shape index (κ3) is 8.91. The Bertz CT molecular complexity index is 945. The molecule has 3 atom stereocenters. The quantitative estimate of drug-likeness (QED) is 0.349. The number of nitrogens with zero attached hydrogens (tertiary/aromatic N) is 1. The van der Waals surface area contributed by atoms with Gasteiger partial charge in [-0.05, 0) is 74.4 Å². The van der Waals surface area contributed by atoms with Crippen LogP contribution in [0.5, 0.6) is 11.5 Å². The Kier molecular flexibility index (Phi) is 12.9. The van der Waals surface area contributed by atoms with Crippen LogP contribution in [0.1, 0.15) is 70.9 Å². The van der Waals surface area contributed by atoms with Gasteiger partial charge in [0.1, 0.15) is 5.76 Å². The zero-order valence-electron chi connectivity index (χ0n) is 24.0. The fourth-order valence-electron chi connectivity index (χ4n) is 4.64. The highest BCUT2D eigenvalue weighted by Crippen LogP contribution is 2.41. The summed E-state index contributed by atoms with van der Waals surface area (Å²) in [5.74, 6) is 1.42. The van der Waals surface area contributed by atoms with Crippen molar-refractivity contribution in [2.75, 3.05) is 40.6 Å². The summed E-state index contributed by atoms with van der Waals surface area (Å²) in [6, 6.07) is 4.08. The van der Waals surface area contributed by atoms with Gasteiger partial charge in [0.05, 0.1) is 14.2 Å². The van der Waals surface area contributed by atoms with Crippen molar-refractivity contribution in [1.82, 2.24) is 4.90 Å². The Labute approximate surface area is 227 Å². The Balaban J connectivity index is 0.000000926. The standard InChI is InChI=1S/C26H39NO6.C3H6O2/c1-6-11-27-12-10-18-13-23-24(32-16-31-23)14-19(18)20(15-27)25(22(7-2)30-5)33-26(29)21(28)9-8-17(3)4;1-3(4)5-2/h7,13-14,17,20-21,25,28H,6,8-12,15-16H2,1-5H3;1-2H3/b22-7+;. The van der Waals surface area contributed by atoms with Crippen LogP contribution in [0.3, 0.4) is 0 Å². The number of carbonyl (C=O) groups excluding carboxylic acids is 2. The first kappa shape index (κ1) is 31.4. The highest BCUT2D eigenvalue weighted by Gasteiger charge is 2.37. The van der Waals surface area contributed by atoms with Crippen molar-refractivity contribution in [2.24, 2.45) is 5.92 Å². The van der Waals surface area contributed by atoms with Crippen LogP contribution in [0.2, 0.25) is 0 Å². The van der Waals surface area contributed by atoms with Crippen LogP contribution in [0.15, 0.2) is 24.0 Å². The van der Waals surface area contributed by atoms with E-state index >= 15 is 0 Å². The van der Waals surface area contributed by atoms with Gasteiger partial charge in [-0.25, -0.2) is 4.79 Å². The number of esters is 2. The van der Waals surface area contributed by atoms with Gasteiger partial charge in [0.15, 0.2) is 23.7 Å². The molecule has 0 saturated carbocycles. The van der Waals surface area contributed by atoms with Gasteiger partial charge in [0.25, 0.3) is 0 Å². The minimum Gasteiger partial charge on any atom is -0.497 e. The minimum absolute atomic E-state index is 0.170. The lowest BCUT2D eigenvalue weighted by molar-refractivity contribution is -0.160. The number of aliphatic hydroxyl groups is 1. The summed E-state index contributed by atoms with van der Waals surface area (Å²) in [5, 5.41) is 10.5. The van der Waals surface area contributed by atoms with Crippen molar-refractivity contribution in [3.05, 3.63) is 35.1 Å². The van der Waals surface area contributed by atoms with Crippen LogP contribution in [0, 0.1) is 5.92 Å². The van der Waals surface area contributed by atoms with E-state index in [-0.39, 0.29) is 18.7 Å². The van der Waals surface area contributed by atoms with E-state index in [4.69, 9.17) is 18.9 Å². The van der Waals surface area contributed by atoms with Gasteiger partial charge in [0.2, 0.25) is 6.79 Å². The molecule has 1 N–H and O–H groups in total. The highest BCUT2D eigenvalue weighted by molar-refractivity contribution is 5.74. The summed E-state index contributed by atoms with van der Waals surface area (Å²) in [4.78, 5) is 24.9. The van der Waals surface area contributed by atoms with Crippen molar-refractivity contribution in [1.29, 1.82) is 0 Å². The average Bonchev–Trinajstić information content (AvgIpc) is 3.28. The molecule has 0 amide bonds. The maximum atomic E-state index is 12.9. The zero-order valence-corrected chi connectivity index (χ0v) is 24.0. The molecule has 1 aromatic carbocycles. The van der Waals surface area contributed by atoms with Gasteiger partial charge in [0, 0.05) is 25.9 Å². The largest absolute Gasteiger partial charge is 0.497 e. The molecule has 0 saturated heterocycles. The molecule has 0 fully saturated rings. The molecule has 0 bridgehead atoms. The fraction of sp³-hybridized carbons (Fsp3) is 0.655. The van der Waals surface area contributed by atoms with Crippen LogP contribution in [-0.4, -0.2) is 74.8 Å². The Hall–Kier alpha value is -2.78.